The maximum absolute atomic E-state index is 2.60. The molecule has 104 valence electrons. The molecule has 0 radical (unpaired) electrons. The van der Waals surface area contributed by atoms with Crippen LogP contribution in [0, 0.1) is 0 Å². The van der Waals surface area contributed by atoms with Gasteiger partial charge >= 0.3 is 0 Å². The molecule has 1 aliphatic heterocycles. The minimum Gasteiger partial charge on any atom is -0.356 e. The van der Waals surface area contributed by atoms with Gasteiger partial charge in [-0.2, -0.15) is 0 Å². The third kappa shape index (κ3) is 3.34. The van der Waals surface area contributed by atoms with Crippen LogP contribution in [0.4, 0.5) is 0 Å². The number of hydrogen-bond acceptors (Lipinski definition) is 2. The highest BCUT2D eigenvalue weighted by molar-refractivity contribution is 14.0. The Morgan fingerprint density at radius 2 is 1.00 bits per heavy atom. The van der Waals surface area contributed by atoms with Crippen LogP contribution < -0.4 is 0 Å². The Hall–Kier alpha value is 0.0700. The molecule has 2 fully saturated rings. The van der Waals surface area contributed by atoms with Crippen LogP contribution in [0.2, 0.25) is 0 Å². The molecule has 0 aromatic rings. The zero-order chi connectivity index (χ0) is 11.5. The molecule has 0 aromatic carbocycles. The molecule has 0 bridgehead atoms. The zero-order valence-electron chi connectivity index (χ0n) is 11.4. The topological polar surface area (TPSA) is 6.48 Å². The molecule has 0 aromatic heterocycles. The largest absolute Gasteiger partial charge is 0.356 e. The fourth-order valence-corrected chi connectivity index (χ4v) is 3.75. The summed E-state index contributed by atoms with van der Waals surface area (Å²) in [5, 5.41) is 0. The van der Waals surface area contributed by atoms with Crippen molar-refractivity contribution in [3.8, 4) is 0 Å². The van der Waals surface area contributed by atoms with Crippen molar-refractivity contribution in [1.29, 1.82) is 0 Å². The first-order valence-electron chi connectivity index (χ1n) is 7.63. The van der Waals surface area contributed by atoms with Crippen LogP contribution in [0.25, 0.3) is 0 Å². The lowest BCUT2D eigenvalue weighted by atomic mass is 9.94. The Morgan fingerprint density at radius 3 is 1.39 bits per heavy atom. The van der Waals surface area contributed by atoms with Crippen molar-refractivity contribution in [2.24, 2.45) is 0 Å². The summed E-state index contributed by atoms with van der Waals surface area (Å²) in [6, 6.07) is 1.68. The van der Waals surface area contributed by atoms with Crippen LogP contribution in [0.5, 0.6) is 0 Å². The van der Waals surface area contributed by atoms with Crippen molar-refractivity contribution in [2.75, 3.05) is 6.67 Å². The Labute approximate surface area is 129 Å². The molecule has 0 N–H and O–H groups in total. The van der Waals surface area contributed by atoms with Crippen LogP contribution in [-0.4, -0.2) is 28.6 Å². The van der Waals surface area contributed by atoms with E-state index in [0.717, 1.165) is 12.1 Å². The van der Waals surface area contributed by atoms with Gasteiger partial charge < -0.3 is 9.80 Å². The second-order valence-electron chi connectivity index (χ2n) is 6.05. The molecule has 18 heavy (non-hydrogen) atoms. The molecule has 3 rings (SSSR count). The summed E-state index contributed by atoms with van der Waals surface area (Å²) >= 11 is 0. The average molecular weight is 362 g/mol. The molecule has 0 amide bonds. The summed E-state index contributed by atoms with van der Waals surface area (Å²) in [6.45, 7) is 1.18. The fraction of sp³-hybridized carbons (Fsp3) is 0.867. The van der Waals surface area contributed by atoms with E-state index in [-0.39, 0.29) is 24.0 Å². The van der Waals surface area contributed by atoms with E-state index in [1.54, 1.807) is 0 Å². The van der Waals surface area contributed by atoms with E-state index in [0.29, 0.717) is 0 Å². The summed E-state index contributed by atoms with van der Waals surface area (Å²) < 4.78 is 0. The van der Waals surface area contributed by atoms with Crippen molar-refractivity contribution in [2.45, 2.75) is 76.3 Å². The van der Waals surface area contributed by atoms with Crippen molar-refractivity contribution in [3.63, 3.8) is 0 Å². The highest BCUT2D eigenvalue weighted by Crippen LogP contribution is 2.29. The van der Waals surface area contributed by atoms with E-state index >= 15 is 0 Å². The lowest BCUT2D eigenvalue weighted by Crippen LogP contribution is -2.39. The van der Waals surface area contributed by atoms with Crippen molar-refractivity contribution in [3.05, 3.63) is 12.4 Å². The Bertz CT molecular complexity index is 242. The molecular weight excluding hydrogens is 335 g/mol. The first-order valence-corrected chi connectivity index (χ1v) is 7.63. The van der Waals surface area contributed by atoms with Crippen LogP contribution in [-0.2, 0) is 0 Å². The zero-order valence-corrected chi connectivity index (χ0v) is 13.7. The van der Waals surface area contributed by atoms with Crippen molar-refractivity contribution >= 4 is 24.0 Å². The normalized spacial score (nSPS) is 26.4. The van der Waals surface area contributed by atoms with Gasteiger partial charge in [-0.25, -0.2) is 0 Å². The van der Waals surface area contributed by atoms with E-state index in [1.165, 1.54) is 70.9 Å². The van der Waals surface area contributed by atoms with Crippen LogP contribution in [0.15, 0.2) is 12.4 Å². The minimum atomic E-state index is 0. The predicted octanol–water partition coefficient (Wildman–Crippen LogP) is 4.32. The third-order valence-corrected chi connectivity index (χ3v) is 4.86. The molecule has 0 saturated heterocycles. The molecule has 0 unspecified atom stereocenters. The first kappa shape index (κ1) is 14.5. The van der Waals surface area contributed by atoms with E-state index in [9.17, 15) is 0 Å². The lowest BCUT2D eigenvalue weighted by Gasteiger charge is -2.36. The second-order valence-corrected chi connectivity index (χ2v) is 6.05. The van der Waals surface area contributed by atoms with Gasteiger partial charge in [0.05, 0.1) is 6.67 Å². The number of nitrogens with zero attached hydrogens (tertiary/aromatic N) is 2. The van der Waals surface area contributed by atoms with Gasteiger partial charge in [-0.15, -0.1) is 24.0 Å². The Balaban J connectivity index is 0.00000120. The summed E-state index contributed by atoms with van der Waals surface area (Å²) in [5.41, 5.74) is 0. The Morgan fingerprint density at radius 1 is 0.611 bits per heavy atom. The second kappa shape index (κ2) is 7.01. The van der Waals surface area contributed by atoms with Crippen molar-refractivity contribution in [1.82, 2.24) is 9.80 Å². The summed E-state index contributed by atoms with van der Waals surface area (Å²) in [5.74, 6) is 0. The molecule has 0 spiro atoms. The smallest absolute Gasteiger partial charge is 0.0899 e. The molecule has 2 nitrogen and oxygen atoms in total. The van der Waals surface area contributed by atoms with Gasteiger partial charge in [0.25, 0.3) is 0 Å². The average Bonchev–Trinajstić information content (AvgIpc) is 2.90. The highest BCUT2D eigenvalue weighted by atomic mass is 127. The van der Waals surface area contributed by atoms with Crippen LogP contribution >= 0.6 is 24.0 Å². The van der Waals surface area contributed by atoms with E-state index in [2.05, 4.69) is 22.2 Å². The summed E-state index contributed by atoms with van der Waals surface area (Å²) in [7, 11) is 0. The quantitative estimate of drug-likeness (QED) is 0.676. The maximum atomic E-state index is 2.60. The van der Waals surface area contributed by atoms with Gasteiger partial charge in [0.1, 0.15) is 0 Å². The molecule has 1 heterocycles. The molecule has 0 atom stereocenters. The SMILES string of the molecule is C1=CN(C2CCCCC2)CN1C1CCCCC1.I. The van der Waals surface area contributed by atoms with Crippen molar-refractivity contribution < 1.29 is 0 Å². The number of hydrogen-bond donors (Lipinski definition) is 0. The van der Waals surface area contributed by atoms with E-state index in [1.807, 2.05) is 0 Å². The number of halogens is 1. The molecule has 2 saturated carbocycles. The third-order valence-electron chi connectivity index (χ3n) is 4.86. The van der Waals surface area contributed by atoms with Crippen LogP contribution in [0.1, 0.15) is 64.2 Å². The summed E-state index contributed by atoms with van der Waals surface area (Å²) in [6.07, 6.45) is 19.1. The maximum Gasteiger partial charge on any atom is 0.0899 e. The standard InChI is InChI=1S/C15H26N2.HI/c1-3-7-14(8-4-1)16-11-12-17(13-16)15-9-5-2-6-10-15;/h11-12,14-15H,1-10,13H2;1H. The highest BCUT2D eigenvalue weighted by Gasteiger charge is 2.27. The fourth-order valence-electron chi connectivity index (χ4n) is 3.75. The van der Waals surface area contributed by atoms with Crippen LogP contribution in [0.3, 0.4) is 0 Å². The number of rotatable bonds is 2. The molecule has 2 aliphatic carbocycles. The van der Waals surface area contributed by atoms with E-state index < -0.39 is 0 Å². The predicted molar refractivity (Wildman–Crippen MR) is 86.8 cm³/mol. The van der Waals surface area contributed by atoms with Gasteiger partial charge in [0.15, 0.2) is 0 Å². The molecule has 3 aliphatic rings. The first-order chi connectivity index (χ1) is 8.43. The monoisotopic (exact) mass is 362 g/mol. The van der Waals surface area contributed by atoms with Gasteiger partial charge in [0, 0.05) is 24.5 Å². The lowest BCUT2D eigenvalue weighted by molar-refractivity contribution is 0.134. The summed E-state index contributed by atoms with van der Waals surface area (Å²) in [4.78, 5) is 5.21. The van der Waals surface area contributed by atoms with Gasteiger partial charge in [0.2, 0.25) is 0 Å². The Kier molecular flexibility index (Phi) is 5.64. The van der Waals surface area contributed by atoms with E-state index in [4.69, 9.17) is 0 Å². The molecular formula is C15H27IN2. The molecule has 3 heteroatoms. The minimum absolute atomic E-state index is 0. The van der Waals surface area contributed by atoms with Gasteiger partial charge in [-0.1, -0.05) is 38.5 Å². The van der Waals surface area contributed by atoms with Gasteiger partial charge in [-0.05, 0) is 25.7 Å². The van der Waals surface area contributed by atoms with Gasteiger partial charge in [-0.3, -0.25) is 0 Å².